The molecule has 2 nitrogen and oxygen atoms in total. The molecule has 0 heterocycles. The maximum absolute atomic E-state index is 9.86. The fraction of sp³-hybridized carbons (Fsp3) is 0.833. The van der Waals surface area contributed by atoms with Crippen LogP contribution in [0, 0.1) is 0 Å². The van der Waals surface area contributed by atoms with Gasteiger partial charge in [-0.1, -0.05) is 0 Å². The Kier molecular flexibility index (Phi) is 4.25. The molecule has 50 valence electrons. The van der Waals surface area contributed by atoms with Crippen molar-refractivity contribution < 1.29 is 25.8 Å². The second-order valence-corrected chi connectivity index (χ2v) is 5.59. The average Bonchev–Trinajstić information content (AvgIpc) is 1.63. The zero-order chi connectivity index (χ0) is 7.33. The van der Waals surface area contributed by atoms with Crippen molar-refractivity contribution in [3.63, 3.8) is 0 Å². The summed E-state index contributed by atoms with van der Waals surface area (Å²) in [6.45, 7) is 6.05. The second kappa shape index (κ2) is 4.13. The van der Waals surface area contributed by atoms with Crippen LogP contribution < -0.4 is 0 Å². The molecule has 0 N–H and O–H groups in total. The summed E-state index contributed by atoms with van der Waals surface area (Å²) in [5.74, 6) is 0. The zero-order valence-electron chi connectivity index (χ0n) is 6.31. The molecule has 0 unspecified atom stereocenters. The molecule has 0 saturated heterocycles. The monoisotopic (exact) mass is 180 g/mol. The summed E-state index contributed by atoms with van der Waals surface area (Å²) < 4.78 is 5.43. The van der Waals surface area contributed by atoms with Crippen molar-refractivity contribution in [2.75, 3.05) is 0 Å². The van der Waals surface area contributed by atoms with E-state index in [9.17, 15) is 4.79 Å². The van der Waals surface area contributed by atoms with Gasteiger partial charge in [-0.3, -0.25) is 0 Å². The predicted octanol–water partition coefficient (Wildman–Crippen LogP) is 1.42. The molecule has 0 fully saturated rings. The molecule has 0 saturated carbocycles. The van der Waals surface area contributed by atoms with Gasteiger partial charge in [0.2, 0.25) is 0 Å². The zero-order valence-corrected chi connectivity index (χ0v) is 9.28. The first kappa shape index (κ1) is 9.25. The summed E-state index contributed by atoms with van der Waals surface area (Å²) in [5.41, 5.74) is -0.0248. The Balaban J connectivity index is 3.17. The summed E-state index contributed by atoms with van der Waals surface area (Å²) in [7, 11) is 0. The first-order valence-electron chi connectivity index (χ1n) is 3.14. The normalized spacial score (nSPS) is 10.6. The Bertz CT molecular complexity index is 85.5. The summed E-state index contributed by atoms with van der Waals surface area (Å²) in [4.78, 5) is 9.86. The average molecular weight is 182 g/mol. The van der Waals surface area contributed by atoms with Crippen LogP contribution in [0.2, 0.25) is 5.02 Å². The van der Waals surface area contributed by atoms with Gasteiger partial charge in [0, 0.05) is 0 Å². The van der Waals surface area contributed by atoms with E-state index in [0.29, 0.717) is 5.02 Å². The second-order valence-electron chi connectivity index (χ2n) is 2.92. The van der Waals surface area contributed by atoms with Crippen molar-refractivity contribution >= 4 is 6.29 Å². The van der Waals surface area contributed by atoms with Gasteiger partial charge in [-0.25, -0.2) is 0 Å². The third-order valence-corrected chi connectivity index (χ3v) is 4.01. The van der Waals surface area contributed by atoms with Gasteiger partial charge < -0.3 is 0 Å². The number of carbonyl (C=O) groups excluding carboxylic acids is 1. The molecule has 0 radical (unpaired) electrons. The first-order chi connectivity index (χ1) is 4.06. The van der Waals surface area contributed by atoms with Gasteiger partial charge >= 0.3 is 63.5 Å². The summed E-state index contributed by atoms with van der Waals surface area (Å²) >= 11 is -0.944. The molecule has 0 amide bonds. The standard InChI is InChI=1S/C4H9O.C2H3O.Zn/c1-4(2,3)5;1-2-3;/h1-3H3;2H,1H2;/q-1;;+1. The Labute approximate surface area is 64.0 Å². The van der Waals surface area contributed by atoms with E-state index in [1.807, 2.05) is 20.8 Å². The molecule has 0 aromatic carbocycles. The van der Waals surface area contributed by atoms with Gasteiger partial charge in [0.1, 0.15) is 0 Å². The number of aldehydes is 1. The van der Waals surface area contributed by atoms with Gasteiger partial charge in [0.05, 0.1) is 0 Å². The molecule has 0 rings (SSSR count). The Hall–Kier alpha value is 0.253. The summed E-state index contributed by atoms with van der Waals surface area (Å²) in [6.07, 6.45) is 0.950. The van der Waals surface area contributed by atoms with E-state index in [1.54, 1.807) is 0 Å². The van der Waals surface area contributed by atoms with Gasteiger partial charge in [0.15, 0.2) is 0 Å². The molecule has 0 aliphatic rings. The summed E-state index contributed by atoms with van der Waals surface area (Å²) in [6, 6.07) is 0. The Morgan fingerprint density at radius 1 is 1.56 bits per heavy atom. The molecule has 0 aliphatic carbocycles. The van der Waals surface area contributed by atoms with Crippen LogP contribution in [0.1, 0.15) is 20.8 Å². The van der Waals surface area contributed by atoms with E-state index in [-0.39, 0.29) is 5.60 Å². The molecule has 0 aromatic rings. The van der Waals surface area contributed by atoms with E-state index in [1.165, 1.54) is 0 Å². The Morgan fingerprint density at radius 2 is 2.11 bits per heavy atom. The van der Waals surface area contributed by atoms with Gasteiger partial charge in [-0.15, -0.1) is 0 Å². The van der Waals surface area contributed by atoms with E-state index in [2.05, 4.69) is 0 Å². The van der Waals surface area contributed by atoms with Crippen LogP contribution >= 0.6 is 0 Å². The minimum atomic E-state index is -0.944. The third kappa shape index (κ3) is 8.25. The van der Waals surface area contributed by atoms with E-state index < -0.39 is 17.5 Å². The number of hydrogen-bond acceptors (Lipinski definition) is 2. The molecule has 0 bridgehead atoms. The molecule has 9 heavy (non-hydrogen) atoms. The Morgan fingerprint density at radius 3 is 2.44 bits per heavy atom. The first-order valence-corrected chi connectivity index (χ1v) is 6.45. The predicted molar refractivity (Wildman–Crippen MR) is 31.7 cm³/mol. The minimum absolute atomic E-state index is 0.0248. The van der Waals surface area contributed by atoms with Crippen molar-refractivity contribution in [1.29, 1.82) is 0 Å². The van der Waals surface area contributed by atoms with E-state index in [0.717, 1.165) is 6.29 Å². The molecular weight excluding hydrogens is 169 g/mol. The maximum atomic E-state index is 9.86. The number of carbonyl (C=O) groups is 1. The third-order valence-electron chi connectivity index (χ3n) is 0.771. The topological polar surface area (TPSA) is 26.3 Å². The van der Waals surface area contributed by atoms with Crippen molar-refractivity contribution in [1.82, 2.24) is 0 Å². The van der Waals surface area contributed by atoms with Crippen molar-refractivity contribution in [2.24, 2.45) is 0 Å². The number of rotatable bonds is 3. The van der Waals surface area contributed by atoms with Crippen molar-refractivity contribution in [2.45, 2.75) is 31.4 Å². The molecular formula is C6H12O2Zn. The van der Waals surface area contributed by atoms with Crippen LogP contribution in [0.25, 0.3) is 0 Å². The summed E-state index contributed by atoms with van der Waals surface area (Å²) in [5, 5.41) is 0.685. The van der Waals surface area contributed by atoms with Crippen molar-refractivity contribution in [3.05, 3.63) is 0 Å². The van der Waals surface area contributed by atoms with Crippen LogP contribution in [-0.4, -0.2) is 11.9 Å². The van der Waals surface area contributed by atoms with Crippen LogP contribution in [0.15, 0.2) is 0 Å². The molecule has 0 aliphatic heterocycles. The fourth-order valence-corrected chi connectivity index (χ4v) is 2.15. The van der Waals surface area contributed by atoms with Gasteiger partial charge in [-0.05, 0) is 0 Å². The van der Waals surface area contributed by atoms with E-state index >= 15 is 0 Å². The fourth-order valence-electron chi connectivity index (χ4n) is 0.413. The van der Waals surface area contributed by atoms with Crippen molar-refractivity contribution in [3.8, 4) is 0 Å². The molecule has 0 atom stereocenters. The van der Waals surface area contributed by atoms with Crippen LogP contribution in [-0.2, 0) is 25.8 Å². The van der Waals surface area contributed by atoms with Gasteiger partial charge in [-0.2, -0.15) is 0 Å². The van der Waals surface area contributed by atoms with Crippen LogP contribution in [0.5, 0.6) is 0 Å². The van der Waals surface area contributed by atoms with Crippen LogP contribution in [0.3, 0.4) is 0 Å². The molecule has 0 aromatic heterocycles. The molecule has 0 spiro atoms. The quantitative estimate of drug-likeness (QED) is 0.374. The number of hydrogen-bond donors (Lipinski definition) is 0. The van der Waals surface area contributed by atoms with Gasteiger partial charge in [0.25, 0.3) is 0 Å². The van der Waals surface area contributed by atoms with E-state index in [4.69, 9.17) is 3.56 Å². The van der Waals surface area contributed by atoms with Crippen LogP contribution in [0.4, 0.5) is 0 Å². The molecule has 3 heteroatoms. The SMILES string of the molecule is CC(C)(C)[O][Zn][CH2]C=O.